The van der Waals surface area contributed by atoms with Gasteiger partial charge < -0.3 is 29.3 Å². The van der Waals surface area contributed by atoms with Crippen LogP contribution in [0.15, 0.2) is 41.4 Å². The van der Waals surface area contributed by atoms with E-state index in [1.807, 2.05) is 30.3 Å². The number of rotatable bonds is 7. The fourth-order valence-electron chi connectivity index (χ4n) is 3.60. The predicted octanol–water partition coefficient (Wildman–Crippen LogP) is 2.92. The monoisotopic (exact) mass is 568 g/mol. The molecule has 180 valence electrons. The second kappa shape index (κ2) is 12.5. The van der Waals surface area contributed by atoms with Gasteiger partial charge in [-0.15, -0.1) is 24.0 Å². The summed E-state index contributed by atoms with van der Waals surface area (Å²) in [6, 6.07) is 11.8. The lowest BCUT2D eigenvalue weighted by atomic mass is 9.99. The molecule has 0 aromatic heterocycles. The smallest absolute Gasteiger partial charge is 0.259 e. The SMILES string of the molecule is CN=C(NCc1cccc(OCC(=O)N(C)C)c1)N1CCc2cc(OC)c(OC)cc2C1.I. The van der Waals surface area contributed by atoms with Crippen LogP contribution in [0.1, 0.15) is 16.7 Å². The summed E-state index contributed by atoms with van der Waals surface area (Å²) < 4.78 is 16.5. The van der Waals surface area contributed by atoms with Crippen LogP contribution < -0.4 is 19.5 Å². The van der Waals surface area contributed by atoms with Crippen molar-refractivity contribution in [2.45, 2.75) is 19.5 Å². The van der Waals surface area contributed by atoms with Gasteiger partial charge in [-0.25, -0.2) is 0 Å². The van der Waals surface area contributed by atoms with Crippen molar-refractivity contribution < 1.29 is 19.0 Å². The van der Waals surface area contributed by atoms with Gasteiger partial charge in [-0.3, -0.25) is 9.79 Å². The van der Waals surface area contributed by atoms with Crippen molar-refractivity contribution in [1.82, 2.24) is 15.1 Å². The minimum absolute atomic E-state index is 0. The predicted molar refractivity (Wildman–Crippen MR) is 140 cm³/mol. The van der Waals surface area contributed by atoms with Crippen molar-refractivity contribution in [2.24, 2.45) is 4.99 Å². The van der Waals surface area contributed by atoms with E-state index in [9.17, 15) is 4.79 Å². The molecule has 0 bridgehead atoms. The fourth-order valence-corrected chi connectivity index (χ4v) is 3.60. The fraction of sp³-hybridized carbons (Fsp3) is 0.417. The number of halogens is 1. The van der Waals surface area contributed by atoms with Gasteiger partial charge in [0.1, 0.15) is 5.75 Å². The molecule has 1 N–H and O–H groups in total. The number of nitrogens with one attached hydrogen (secondary N) is 1. The molecule has 0 atom stereocenters. The summed E-state index contributed by atoms with van der Waals surface area (Å²) in [5.74, 6) is 2.92. The minimum atomic E-state index is -0.0754. The first-order valence-corrected chi connectivity index (χ1v) is 10.6. The summed E-state index contributed by atoms with van der Waals surface area (Å²) >= 11 is 0. The van der Waals surface area contributed by atoms with Crippen LogP contribution >= 0.6 is 24.0 Å². The van der Waals surface area contributed by atoms with E-state index >= 15 is 0 Å². The second-order valence-electron chi connectivity index (χ2n) is 7.77. The highest BCUT2D eigenvalue weighted by molar-refractivity contribution is 14.0. The zero-order chi connectivity index (χ0) is 23.1. The van der Waals surface area contributed by atoms with E-state index in [-0.39, 0.29) is 36.5 Å². The molecule has 0 saturated carbocycles. The highest BCUT2D eigenvalue weighted by Gasteiger charge is 2.21. The number of amides is 1. The molecule has 2 aromatic carbocycles. The van der Waals surface area contributed by atoms with Gasteiger partial charge >= 0.3 is 0 Å². The Bertz CT molecular complexity index is 981. The van der Waals surface area contributed by atoms with E-state index in [4.69, 9.17) is 14.2 Å². The standard InChI is InChI=1S/C24H32N4O4.HI/c1-25-24(26-14-17-7-6-8-20(11-17)32-16-23(29)27(2)3)28-10-9-18-12-21(30-4)22(31-5)13-19(18)15-28;/h6-8,11-13H,9-10,14-16H2,1-5H3,(H,25,26);1H. The summed E-state index contributed by atoms with van der Waals surface area (Å²) in [6.07, 6.45) is 0.902. The average molecular weight is 568 g/mol. The highest BCUT2D eigenvalue weighted by atomic mass is 127. The Balaban J connectivity index is 0.00000385. The zero-order valence-electron chi connectivity index (χ0n) is 19.9. The molecular formula is C24H33IN4O4. The van der Waals surface area contributed by atoms with E-state index in [1.165, 1.54) is 16.0 Å². The number of nitrogens with zero attached hydrogens (tertiary/aromatic N) is 3. The second-order valence-corrected chi connectivity index (χ2v) is 7.77. The van der Waals surface area contributed by atoms with Crippen LogP contribution in [0.5, 0.6) is 17.2 Å². The number of hydrogen-bond acceptors (Lipinski definition) is 5. The van der Waals surface area contributed by atoms with Crippen molar-refractivity contribution >= 4 is 35.8 Å². The third-order valence-electron chi connectivity index (χ3n) is 5.44. The molecule has 1 heterocycles. The normalized spacial score (nSPS) is 12.9. The quantitative estimate of drug-likeness (QED) is 0.315. The van der Waals surface area contributed by atoms with Crippen LogP contribution in [0.3, 0.4) is 0 Å². The first kappa shape index (κ1) is 26.6. The Hall–Kier alpha value is -2.69. The number of guanidine groups is 1. The van der Waals surface area contributed by atoms with E-state index in [0.29, 0.717) is 12.3 Å². The molecule has 2 aromatic rings. The van der Waals surface area contributed by atoms with Gasteiger partial charge in [-0.1, -0.05) is 12.1 Å². The van der Waals surface area contributed by atoms with E-state index < -0.39 is 0 Å². The Morgan fingerprint density at radius 3 is 2.45 bits per heavy atom. The van der Waals surface area contributed by atoms with Crippen molar-refractivity contribution in [3.8, 4) is 17.2 Å². The molecule has 33 heavy (non-hydrogen) atoms. The third kappa shape index (κ3) is 6.89. The molecule has 9 heteroatoms. The molecule has 0 aliphatic carbocycles. The Labute approximate surface area is 212 Å². The van der Waals surface area contributed by atoms with E-state index in [2.05, 4.69) is 21.3 Å². The molecule has 0 radical (unpaired) electrons. The minimum Gasteiger partial charge on any atom is -0.493 e. The lowest BCUT2D eigenvalue weighted by Gasteiger charge is -2.32. The van der Waals surface area contributed by atoms with Crippen LogP contribution in [0, 0.1) is 0 Å². The Morgan fingerprint density at radius 2 is 1.82 bits per heavy atom. The van der Waals surface area contributed by atoms with Crippen molar-refractivity contribution in [3.05, 3.63) is 53.1 Å². The zero-order valence-corrected chi connectivity index (χ0v) is 22.2. The van der Waals surface area contributed by atoms with Crippen molar-refractivity contribution in [1.29, 1.82) is 0 Å². The van der Waals surface area contributed by atoms with Crippen molar-refractivity contribution in [2.75, 3.05) is 48.5 Å². The number of carbonyl (C=O) groups is 1. The number of methoxy groups -OCH3 is 2. The van der Waals surface area contributed by atoms with E-state index in [0.717, 1.165) is 42.5 Å². The topological polar surface area (TPSA) is 75.6 Å². The lowest BCUT2D eigenvalue weighted by Crippen LogP contribution is -2.43. The van der Waals surface area contributed by atoms with Crippen LogP contribution in [-0.2, 0) is 24.3 Å². The Kier molecular flexibility index (Phi) is 10.1. The summed E-state index contributed by atoms with van der Waals surface area (Å²) in [4.78, 5) is 20.0. The number of ether oxygens (including phenoxy) is 3. The summed E-state index contributed by atoms with van der Waals surface area (Å²) in [7, 11) is 8.52. The highest BCUT2D eigenvalue weighted by Crippen LogP contribution is 2.33. The van der Waals surface area contributed by atoms with Crippen LogP contribution in [-0.4, -0.2) is 70.2 Å². The van der Waals surface area contributed by atoms with Crippen LogP contribution in [0.25, 0.3) is 0 Å². The van der Waals surface area contributed by atoms with Gasteiger partial charge in [-0.2, -0.15) is 0 Å². The molecule has 0 fully saturated rings. The summed E-state index contributed by atoms with van der Waals surface area (Å²) in [5.41, 5.74) is 3.52. The molecule has 0 spiro atoms. The molecule has 1 amide bonds. The number of fused-ring (bicyclic) bond motifs is 1. The van der Waals surface area contributed by atoms with Gasteiger partial charge in [0.2, 0.25) is 0 Å². The maximum atomic E-state index is 11.7. The number of likely N-dealkylation sites (N-methyl/N-ethyl adjacent to an activating group) is 1. The molecule has 1 aliphatic rings. The first-order valence-electron chi connectivity index (χ1n) is 10.6. The maximum absolute atomic E-state index is 11.7. The number of benzene rings is 2. The summed E-state index contributed by atoms with van der Waals surface area (Å²) in [6.45, 7) is 2.22. The number of aliphatic imine (C=N–C) groups is 1. The van der Waals surface area contributed by atoms with Crippen LogP contribution in [0.4, 0.5) is 0 Å². The van der Waals surface area contributed by atoms with Gasteiger partial charge in [0.25, 0.3) is 5.91 Å². The lowest BCUT2D eigenvalue weighted by molar-refractivity contribution is -0.130. The maximum Gasteiger partial charge on any atom is 0.259 e. The molecule has 0 saturated heterocycles. The van der Waals surface area contributed by atoms with E-state index in [1.54, 1.807) is 35.4 Å². The third-order valence-corrected chi connectivity index (χ3v) is 5.44. The van der Waals surface area contributed by atoms with Crippen LogP contribution in [0.2, 0.25) is 0 Å². The molecule has 3 rings (SSSR count). The van der Waals surface area contributed by atoms with Gasteiger partial charge in [0, 0.05) is 40.8 Å². The Morgan fingerprint density at radius 1 is 1.12 bits per heavy atom. The first-order chi connectivity index (χ1) is 15.4. The average Bonchev–Trinajstić information content (AvgIpc) is 2.82. The van der Waals surface area contributed by atoms with Gasteiger partial charge in [0.15, 0.2) is 24.1 Å². The van der Waals surface area contributed by atoms with Gasteiger partial charge in [-0.05, 0) is 47.4 Å². The molecule has 1 aliphatic heterocycles. The number of hydrogen-bond donors (Lipinski definition) is 1. The number of carbonyl (C=O) groups excluding carboxylic acids is 1. The largest absolute Gasteiger partial charge is 0.493 e. The van der Waals surface area contributed by atoms with Gasteiger partial charge in [0.05, 0.1) is 14.2 Å². The molecule has 8 nitrogen and oxygen atoms in total. The molecule has 0 unspecified atom stereocenters. The summed E-state index contributed by atoms with van der Waals surface area (Å²) in [5, 5.41) is 3.44. The molecular weight excluding hydrogens is 535 g/mol. The van der Waals surface area contributed by atoms with Crippen molar-refractivity contribution in [3.63, 3.8) is 0 Å².